The van der Waals surface area contributed by atoms with Gasteiger partial charge in [-0.15, -0.1) is 0 Å². The molecule has 0 saturated carbocycles. The number of benzene rings is 2. The van der Waals surface area contributed by atoms with Crippen molar-refractivity contribution in [2.75, 3.05) is 0 Å². The number of aryl methyl sites for hydroxylation is 2. The predicted molar refractivity (Wildman–Crippen MR) is 105 cm³/mol. The van der Waals surface area contributed by atoms with Gasteiger partial charge in [-0.3, -0.25) is 0 Å². The Morgan fingerprint density at radius 2 is 1.36 bits per heavy atom. The van der Waals surface area contributed by atoms with Gasteiger partial charge in [-0.05, 0) is 60.6 Å². The number of carbonyl (C=O) groups excluding carboxylic acids is 1. The van der Waals surface area contributed by atoms with Crippen molar-refractivity contribution >= 4 is 12.0 Å². The first-order chi connectivity index (χ1) is 12.2. The third-order valence-electron chi connectivity index (χ3n) is 4.17. The van der Waals surface area contributed by atoms with E-state index in [-0.39, 0.29) is 5.97 Å². The van der Waals surface area contributed by atoms with Crippen LogP contribution in [0.25, 0.3) is 6.08 Å². The van der Waals surface area contributed by atoms with E-state index in [2.05, 4.69) is 26.0 Å². The summed E-state index contributed by atoms with van der Waals surface area (Å²) in [5.41, 5.74) is 3.62. The molecule has 0 unspecified atom stereocenters. The van der Waals surface area contributed by atoms with E-state index in [4.69, 9.17) is 4.74 Å². The van der Waals surface area contributed by atoms with Gasteiger partial charge in [0, 0.05) is 6.08 Å². The topological polar surface area (TPSA) is 26.3 Å². The van der Waals surface area contributed by atoms with Gasteiger partial charge >= 0.3 is 5.97 Å². The van der Waals surface area contributed by atoms with Gasteiger partial charge in [0.05, 0.1) is 0 Å². The number of ether oxygens (including phenoxy) is 1. The minimum atomic E-state index is -0.351. The molecule has 132 valence electrons. The second-order valence-electron chi connectivity index (χ2n) is 6.35. The van der Waals surface area contributed by atoms with Crippen LogP contribution >= 0.6 is 0 Å². The van der Waals surface area contributed by atoms with Crippen LogP contribution in [0.4, 0.5) is 0 Å². The second-order valence-corrected chi connectivity index (χ2v) is 6.35. The zero-order valence-corrected chi connectivity index (χ0v) is 15.3. The third-order valence-corrected chi connectivity index (χ3v) is 4.17. The molecule has 0 heterocycles. The maximum absolute atomic E-state index is 11.9. The highest BCUT2D eigenvalue weighted by atomic mass is 16.5. The molecule has 0 fully saturated rings. The van der Waals surface area contributed by atoms with Gasteiger partial charge in [-0.1, -0.05) is 63.1 Å². The molecule has 2 heteroatoms. The van der Waals surface area contributed by atoms with Gasteiger partial charge in [0.1, 0.15) is 5.75 Å². The first-order valence-electron chi connectivity index (χ1n) is 9.29. The van der Waals surface area contributed by atoms with Crippen LogP contribution in [0.5, 0.6) is 5.75 Å². The lowest BCUT2D eigenvalue weighted by Crippen LogP contribution is -2.03. The van der Waals surface area contributed by atoms with Crippen molar-refractivity contribution in [1.82, 2.24) is 0 Å². The normalized spacial score (nSPS) is 11.0. The lowest BCUT2D eigenvalue weighted by atomic mass is 10.1. The van der Waals surface area contributed by atoms with Gasteiger partial charge in [0.2, 0.25) is 0 Å². The van der Waals surface area contributed by atoms with Crippen molar-refractivity contribution in [3.63, 3.8) is 0 Å². The summed E-state index contributed by atoms with van der Waals surface area (Å²) in [5.74, 6) is 0.237. The Morgan fingerprint density at radius 3 is 1.88 bits per heavy atom. The van der Waals surface area contributed by atoms with E-state index in [9.17, 15) is 4.79 Å². The molecule has 0 saturated heterocycles. The van der Waals surface area contributed by atoms with Crippen molar-refractivity contribution in [1.29, 1.82) is 0 Å². The number of unbranched alkanes of at least 4 members (excludes halogenated alkanes) is 2. The van der Waals surface area contributed by atoms with Crippen LogP contribution in [0.3, 0.4) is 0 Å². The molecule has 2 aromatic carbocycles. The molecule has 0 aromatic heterocycles. The SMILES string of the molecule is CCCCc1ccc(C=CC(=O)Oc2ccc(CCCC)cc2)cc1. The Kier molecular flexibility index (Phi) is 7.97. The quantitative estimate of drug-likeness (QED) is 0.319. The average molecular weight is 336 g/mol. The fourth-order valence-corrected chi connectivity index (χ4v) is 2.60. The van der Waals surface area contributed by atoms with E-state index in [1.54, 1.807) is 6.08 Å². The molecule has 0 aliphatic heterocycles. The monoisotopic (exact) mass is 336 g/mol. The summed E-state index contributed by atoms with van der Waals surface area (Å²) in [7, 11) is 0. The number of rotatable bonds is 9. The van der Waals surface area contributed by atoms with Crippen molar-refractivity contribution in [3.05, 3.63) is 71.3 Å². The van der Waals surface area contributed by atoms with Crippen LogP contribution in [0.15, 0.2) is 54.6 Å². The molecule has 0 N–H and O–H groups in total. The molecule has 2 aromatic rings. The molecular weight excluding hydrogens is 308 g/mol. The standard InChI is InChI=1S/C23H28O2/c1-3-5-7-19-9-11-21(12-10-19)15-18-23(24)25-22-16-13-20(14-17-22)8-6-4-2/h9-18H,3-8H2,1-2H3. The Bertz CT molecular complexity index is 666. The molecule has 0 radical (unpaired) electrons. The summed E-state index contributed by atoms with van der Waals surface area (Å²) in [6.07, 6.45) is 10.2. The van der Waals surface area contributed by atoms with E-state index < -0.39 is 0 Å². The fraction of sp³-hybridized carbons (Fsp3) is 0.348. The highest BCUT2D eigenvalue weighted by Crippen LogP contribution is 2.15. The molecule has 0 bridgehead atoms. The molecule has 0 aliphatic rings. The molecule has 0 aliphatic carbocycles. The van der Waals surface area contributed by atoms with Crippen LogP contribution in [0, 0.1) is 0 Å². The number of esters is 1. The van der Waals surface area contributed by atoms with Crippen LogP contribution in [-0.4, -0.2) is 5.97 Å². The smallest absolute Gasteiger partial charge is 0.336 e. The maximum atomic E-state index is 11.9. The van der Waals surface area contributed by atoms with E-state index in [1.807, 2.05) is 36.4 Å². The summed E-state index contributed by atoms with van der Waals surface area (Å²) in [6.45, 7) is 4.38. The predicted octanol–water partition coefficient (Wildman–Crippen LogP) is 5.99. The average Bonchev–Trinajstić information content (AvgIpc) is 2.65. The van der Waals surface area contributed by atoms with Crippen LogP contribution in [0.1, 0.15) is 56.2 Å². The van der Waals surface area contributed by atoms with Crippen molar-refractivity contribution in [3.8, 4) is 5.75 Å². The van der Waals surface area contributed by atoms with Gasteiger partial charge in [0.15, 0.2) is 0 Å². The minimum absolute atomic E-state index is 0.351. The number of hydrogen-bond donors (Lipinski definition) is 0. The van der Waals surface area contributed by atoms with E-state index >= 15 is 0 Å². The minimum Gasteiger partial charge on any atom is -0.423 e. The summed E-state index contributed by atoms with van der Waals surface area (Å²) < 4.78 is 5.35. The summed E-state index contributed by atoms with van der Waals surface area (Å²) >= 11 is 0. The van der Waals surface area contributed by atoms with Crippen molar-refractivity contribution in [2.45, 2.75) is 52.4 Å². The lowest BCUT2D eigenvalue weighted by Gasteiger charge is -2.04. The Labute approximate surface area is 151 Å². The third kappa shape index (κ3) is 6.96. The molecule has 2 nitrogen and oxygen atoms in total. The molecule has 0 spiro atoms. The van der Waals surface area contributed by atoms with Crippen molar-refractivity contribution < 1.29 is 9.53 Å². The second kappa shape index (κ2) is 10.5. The highest BCUT2D eigenvalue weighted by Gasteiger charge is 2.01. The molecular formula is C23H28O2. The number of hydrogen-bond acceptors (Lipinski definition) is 2. The zero-order chi connectivity index (χ0) is 17.9. The highest BCUT2D eigenvalue weighted by molar-refractivity contribution is 5.88. The molecule has 0 amide bonds. The Morgan fingerprint density at radius 1 is 0.840 bits per heavy atom. The summed E-state index contributed by atoms with van der Waals surface area (Å²) in [5, 5.41) is 0. The molecule has 25 heavy (non-hydrogen) atoms. The Balaban J connectivity index is 1.85. The lowest BCUT2D eigenvalue weighted by molar-refractivity contribution is -0.128. The van der Waals surface area contributed by atoms with Crippen LogP contribution in [0.2, 0.25) is 0 Å². The first-order valence-corrected chi connectivity index (χ1v) is 9.29. The number of carbonyl (C=O) groups is 1. The summed E-state index contributed by atoms with van der Waals surface area (Å²) in [4.78, 5) is 11.9. The van der Waals surface area contributed by atoms with E-state index in [0.29, 0.717) is 5.75 Å². The van der Waals surface area contributed by atoms with E-state index in [0.717, 1.165) is 18.4 Å². The van der Waals surface area contributed by atoms with Gasteiger partial charge in [-0.2, -0.15) is 0 Å². The maximum Gasteiger partial charge on any atom is 0.336 e. The van der Waals surface area contributed by atoms with Gasteiger partial charge in [-0.25, -0.2) is 4.79 Å². The Hall–Kier alpha value is -2.35. The van der Waals surface area contributed by atoms with Crippen LogP contribution in [-0.2, 0) is 17.6 Å². The van der Waals surface area contributed by atoms with E-state index in [1.165, 1.54) is 42.9 Å². The largest absolute Gasteiger partial charge is 0.423 e. The van der Waals surface area contributed by atoms with Gasteiger partial charge in [0.25, 0.3) is 0 Å². The van der Waals surface area contributed by atoms with Crippen LogP contribution < -0.4 is 4.74 Å². The zero-order valence-electron chi connectivity index (χ0n) is 15.3. The van der Waals surface area contributed by atoms with Gasteiger partial charge < -0.3 is 4.74 Å². The van der Waals surface area contributed by atoms with Crippen molar-refractivity contribution in [2.24, 2.45) is 0 Å². The fourth-order valence-electron chi connectivity index (χ4n) is 2.60. The molecule has 2 rings (SSSR count). The first kappa shape index (κ1) is 19.0. The summed E-state index contributed by atoms with van der Waals surface area (Å²) in [6, 6.07) is 16.1. The molecule has 0 atom stereocenters.